The summed E-state index contributed by atoms with van der Waals surface area (Å²) in [5.74, 6) is -3.18. The third-order valence-electron chi connectivity index (χ3n) is 11.1. The fraction of sp³-hybridized carbons (Fsp3) is 0.821. The van der Waals surface area contributed by atoms with Gasteiger partial charge in [-0.25, -0.2) is 4.79 Å². The number of hydrogen-bond donors (Lipinski definition) is 5. The van der Waals surface area contributed by atoms with Gasteiger partial charge in [0.2, 0.25) is 0 Å². The summed E-state index contributed by atoms with van der Waals surface area (Å²) in [5.41, 5.74) is 0. The highest BCUT2D eigenvalue weighted by atomic mass is 16.4. The van der Waals surface area contributed by atoms with Crippen molar-refractivity contribution in [2.75, 3.05) is 6.61 Å². The number of aliphatic hydroxyl groups excluding tert-OH is 1. The zero-order valence-corrected chi connectivity index (χ0v) is 42.7. The molecule has 0 aliphatic rings. The molecule has 9 nitrogen and oxygen atoms in total. The third kappa shape index (κ3) is 85.0. The molecule has 0 aromatic heterocycles. The van der Waals surface area contributed by atoms with Crippen LogP contribution in [0.4, 0.5) is 0 Å². The molecule has 65 heavy (non-hydrogen) atoms. The van der Waals surface area contributed by atoms with Crippen molar-refractivity contribution in [2.24, 2.45) is 0 Å². The van der Waals surface area contributed by atoms with Crippen LogP contribution in [0.15, 0.2) is 36.5 Å². The lowest BCUT2D eigenvalue weighted by atomic mass is 10.1. The van der Waals surface area contributed by atoms with Crippen LogP contribution in [0.2, 0.25) is 0 Å². The zero-order chi connectivity index (χ0) is 49.0. The molecule has 0 spiro atoms. The van der Waals surface area contributed by atoms with Crippen molar-refractivity contribution in [1.82, 2.24) is 0 Å². The maximum atomic E-state index is 10.3. The first-order valence-corrected chi connectivity index (χ1v) is 27.0. The molecule has 5 N–H and O–H groups in total. The van der Waals surface area contributed by atoms with E-state index in [0.29, 0.717) is 19.3 Å². The van der Waals surface area contributed by atoms with Crippen molar-refractivity contribution in [1.29, 1.82) is 0 Å². The SMILES string of the molecule is CCCCCCCC/C=C\CCCCCCCC(=O)O.CCCCCCCC/C=C\CCCCCCCC(=O)O.CCCCCCCC/C=C\CCCCCCCC(=O)O.O=C(O)CO. The molecule has 0 fully saturated rings. The molecule has 0 aliphatic heterocycles. The minimum Gasteiger partial charge on any atom is -0.481 e. The van der Waals surface area contributed by atoms with Crippen LogP contribution in [-0.2, 0) is 19.2 Å². The number of carbonyl (C=O) groups is 4. The van der Waals surface area contributed by atoms with Gasteiger partial charge >= 0.3 is 23.9 Å². The molecule has 384 valence electrons. The van der Waals surface area contributed by atoms with Crippen LogP contribution >= 0.6 is 0 Å². The van der Waals surface area contributed by atoms with E-state index in [0.717, 1.165) is 38.5 Å². The highest BCUT2D eigenvalue weighted by Crippen LogP contribution is 2.13. The van der Waals surface area contributed by atoms with Crippen molar-refractivity contribution >= 4 is 23.9 Å². The summed E-state index contributed by atoms with van der Waals surface area (Å²) in [6, 6.07) is 0. The van der Waals surface area contributed by atoms with Gasteiger partial charge in [-0.15, -0.1) is 0 Å². The summed E-state index contributed by atoms with van der Waals surface area (Å²) in [6.45, 7) is 6.00. The van der Waals surface area contributed by atoms with E-state index in [1.165, 1.54) is 212 Å². The molecule has 0 unspecified atom stereocenters. The normalized spacial score (nSPS) is 11.0. The molecule has 0 atom stereocenters. The number of rotatable bonds is 46. The second-order valence-corrected chi connectivity index (χ2v) is 17.7. The Morgan fingerprint density at radius 1 is 0.262 bits per heavy atom. The summed E-state index contributed by atoms with van der Waals surface area (Å²) < 4.78 is 0. The number of aliphatic carboxylic acids is 4. The van der Waals surface area contributed by atoms with Crippen molar-refractivity contribution in [3.05, 3.63) is 36.5 Å². The maximum absolute atomic E-state index is 10.3. The Balaban J connectivity index is -0.000000407. The highest BCUT2D eigenvalue weighted by molar-refractivity contribution is 5.67. The standard InChI is InChI=1S/3C18H34O2.C2H4O3/c3*1-2-3-4-5-6-7-8-9-10-11-12-13-14-15-16-17-18(19)20;3-1-2(4)5/h3*9-10H,2-8,11-17H2,1H3,(H,19,20);3H,1H2,(H,4,5)/b3*10-9-;. The lowest BCUT2D eigenvalue weighted by Gasteiger charge is -1.99. The number of allylic oxidation sites excluding steroid dienone is 6. The predicted molar refractivity (Wildman–Crippen MR) is 276 cm³/mol. The van der Waals surface area contributed by atoms with E-state index >= 15 is 0 Å². The van der Waals surface area contributed by atoms with Crippen molar-refractivity contribution < 1.29 is 44.7 Å². The fourth-order valence-electron chi connectivity index (χ4n) is 7.04. The Kier molecular flexibility index (Phi) is 69.0. The maximum Gasteiger partial charge on any atom is 0.329 e. The third-order valence-corrected chi connectivity index (χ3v) is 11.1. The summed E-state index contributed by atoms with van der Waals surface area (Å²) in [4.78, 5) is 40.1. The minimum absolute atomic E-state index is 0.332. The summed E-state index contributed by atoms with van der Waals surface area (Å²) in [6.07, 6.45) is 63.7. The van der Waals surface area contributed by atoms with Crippen LogP contribution in [0.5, 0.6) is 0 Å². The summed E-state index contributed by atoms with van der Waals surface area (Å²) in [7, 11) is 0. The fourth-order valence-corrected chi connectivity index (χ4v) is 7.04. The molecule has 0 amide bonds. The van der Waals surface area contributed by atoms with E-state index < -0.39 is 30.5 Å². The Morgan fingerprint density at radius 2 is 0.415 bits per heavy atom. The van der Waals surface area contributed by atoms with Crippen LogP contribution in [0.1, 0.15) is 290 Å². The van der Waals surface area contributed by atoms with Crippen LogP contribution in [0.25, 0.3) is 0 Å². The van der Waals surface area contributed by atoms with Gasteiger partial charge in [0.15, 0.2) is 0 Å². The van der Waals surface area contributed by atoms with Crippen LogP contribution in [-0.4, -0.2) is 56.0 Å². The van der Waals surface area contributed by atoms with E-state index in [-0.39, 0.29) is 0 Å². The molecule has 0 aliphatic carbocycles. The molecular formula is C56H106O9. The number of unbranched alkanes of at least 4 members (excludes halogenated alkanes) is 33. The van der Waals surface area contributed by atoms with Crippen molar-refractivity contribution in [3.63, 3.8) is 0 Å². The average molecular weight is 923 g/mol. The molecule has 0 rings (SSSR count). The quantitative estimate of drug-likeness (QED) is 0.0295. The first-order chi connectivity index (χ1) is 31.6. The van der Waals surface area contributed by atoms with Gasteiger partial charge in [-0.3, -0.25) is 14.4 Å². The average Bonchev–Trinajstić information content (AvgIpc) is 3.28. The van der Waals surface area contributed by atoms with E-state index in [2.05, 4.69) is 57.2 Å². The van der Waals surface area contributed by atoms with Crippen molar-refractivity contribution in [3.8, 4) is 0 Å². The molecular weight excluding hydrogens is 817 g/mol. The monoisotopic (exact) mass is 923 g/mol. The second-order valence-electron chi connectivity index (χ2n) is 17.7. The molecule has 0 bridgehead atoms. The van der Waals surface area contributed by atoms with E-state index in [4.69, 9.17) is 30.3 Å². The molecule has 0 saturated heterocycles. The summed E-state index contributed by atoms with van der Waals surface area (Å²) in [5, 5.41) is 40.5. The van der Waals surface area contributed by atoms with Crippen LogP contribution < -0.4 is 0 Å². The number of carboxylic acids is 4. The molecule has 0 radical (unpaired) electrons. The van der Waals surface area contributed by atoms with E-state index in [1.54, 1.807) is 0 Å². The first-order valence-electron chi connectivity index (χ1n) is 27.0. The Bertz CT molecular complexity index is 933. The van der Waals surface area contributed by atoms with Gasteiger partial charge in [-0.1, -0.05) is 211 Å². The Labute approximate surface area is 400 Å². The predicted octanol–water partition coefficient (Wildman–Crippen LogP) is 17.4. The molecule has 9 heteroatoms. The van der Waals surface area contributed by atoms with Crippen LogP contribution in [0, 0.1) is 0 Å². The first kappa shape index (κ1) is 68.6. The lowest BCUT2D eigenvalue weighted by molar-refractivity contribution is -0.140. The summed E-state index contributed by atoms with van der Waals surface area (Å²) >= 11 is 0. The number of hydrogen-bond acceptors (Lipinski definition) is 5. The van der Waals surface area contributed by atoms with Gasteiger partial charge in [0.05, 0.1) is 0 Å². The molecule has 0 aromatic rings. The number of carboxylic acid groups (broad SMARTS) is 4. The second kappa shape index (κ2) is 65.3. The van der Waals surface area contributed by atoms with Crippen molar-refractivity contribution in [2.45, 2.75) is 290 Å². The lowest BCUT2D eigenvalue weighted by Crippen LogP contribution is -1.98. The topological polar surface area (TPSA) is 169 Å². The van der Waals surface area contributed by atoms with Gasteiger partial charge in [0, 0.05) is 19.3 Å². The molecule has 0 saturated carbocycles. The van der Waals surface area contributed by atoms with E-state index in [9.17, 15) is 14.4 Å². The molecule has 0 aromatic carbocycles. The Hall–Kier alpha value is -2.94. The van der Waals surface area contributed by atoms with Gasteiger partial charge in [-0.05, 0) is 96.3 Å². The van der Waals surface area contributed by atoms with Gasteiger partial charge < -0.3 is 25.5 Å². The minimum atomic E-state index is -1.19. The Morgan fingerprint density at radius 3 is 0.569 bits per heavy atom. The highest BCUT2D eigenvalue weighted by Gasteiger charge is 1.98. The van der Waals surface area contributed by atoms with Gasteiger partial charge in [-0.2, -0.15) is 0 Å². The largest absolute Gasteiger partial charge is 0.481 e. The van der Waals surface area contributed by atoms with Gasteiger partial charge in [0.1, 0.15) is 6.61 Å². The molecule has 0 heterocycles. The smallest absolute Gasteiger partial charge is 0.329 e. The van der Waals surface area contributed by atoms with Gasteiger partial charge in [0.25, 0.3) is 0 Å². The zero-order valence-electron chi connectivity index (χ0n) is 42.7. The number of aliphatic hydroxyl groups is 1. The van der Waals surface area contributed by atoms with E-state index in [1.807, 2.05) is 0 Å². The van der Waals surface area contributed by atoms with Crippen LogP contribution in [0.3, 0.4) is 0 Å².